The molecule has 1 fully saturated rings. The van der Waals surface area contributed by atoms with Gasteiger partial charge in [0.05, 0.1) is 6.10 Å². The van der Waals surface area contributed by atoms with E-state index in [-0.39, 0.29) is 6.10 Å². The molecule has 0 amide bonds. The molecule has 0 aliphatic carbocycles. The largest absolute Gasteiger partial charge is 0.491 e. The van der Waals surface area contributed by atoms with Crippen LogP contribution in [-0.4, -0.2) is 37.7 Å². The van der Waals surface area contributed by atoms with Crippen LogP contribution in [0.25, 0.3) is 0 Å². The zero-order chi connectivity index (χ0) is 14.4. The average Bonchev–Trinajstić information content (AvgIpc) is 2.43. The molecule has 1 heterocycles. The molecule has 1 aromatic carbocycles. The fourth-order valence-electron chi connectivity index (χ4n) is 2.84. The lowest BCUT2D eigenvalue weighted by Gasteiger charge is -2.31. The molecule has 0 unspecified atom stereocenters. The summed E-state index contributed by atoms with van der Waals surface area (Å²) >= 11 is 0. The van der Waals surface area contributed by atoms with Crippen molar-refractivity contribution in [2.75, 3.05) is 26.7 Å². The third-order valence-corrected chi connectivity index (χ3v) is 3.90. The number of piperidine rings is 1. The molecule has 112 valence electrons. The third kappa shape index (κ3) is 4.80. The lowest BCUT2D eigenvalue weighted by Crippen LogP contribution is -2.36. The summed E-state index contributed by atoms with van der Waals surface area (Å²) in [5.74, 6) is 1.83. The van der Waals surface area contributed by atoms with Gasteiger partial charge in [0.25, 0.3) is 0 Å². The SMILES string of the molecule is CNCC1CCN(Cc2ccc(OC(C)C)cc2)CC1. The number of nitrogens with zero attached hydrogens (tertiary/aromatic N) is 1. The van der Waals surface area contributed by atoms with Crippen LogP contribution in [0.5, 0.6) is 5.75 Å². The summed E-state index contributed by atoms with van der Waals surface area (Å²) in [6.07, 6.45) is 2.87. The van der Waals surface area contributed by atoms with E-state index in [2.05, 4.69) is 48.3 Å². The van der Waals surface area contributed by atoms with Gasteiger partial charge in [0.15, 0.2) is 0 Å². The Morgan fingerprint density at radius 2 is 1.85 bits per heavy atom. The highest BCUT2D eigenvalue weighted by Crippen LogP contribution is 2.20. The van der Waals surface area contributed by atoms with Gasteiger partial charge in [-0.25, -0.2) is 0 Å². The van der Waals surface area contributed by atoms with Crippen molar-refractivity contribution in [3.05, 3.63) is 29.8 Å². The molecular formula is C17H28N2O. The maximum atomic E-state index is 5.68. The standard InChI is InChI=1S/C17H28N2O/c1-14(2)20-17-6-4-16(5-7-17)13-19-10-8-15(9-11-19)12-18-3/h4-7,14-15,18H,8-13H2,1-3H3. The van der Waals surface area contributed by atoms with Crippen LogP contribution >= 0.6 is 0 Å². The van der Waals surface area contributed by atoms with Crippen LogP contribution in [0.4, 0.5) is 0 Å². The fourth-order valence-corrected chi connectivity index (χ4v) is 2.84. The molecular weight excluding hydrogens is 248 g/mol. The first-order valence-electron chi connectivity index (χ1n) is 7.80. The fraction of sp³-hybridized carbons (Fsp3) is 0.647. The van der Waals surface area contributed by atoms with E-state index in [1.165, 1.54) is 31.5 Å². The van der Waals surface area contributed by atoms with E-state index in [0.29, 0.717) is 0 Å². The molecule has 0 atom stereocenters. The van der Waals surface area contributed by atoms with Crippen LogP contribution in [-0.2, 0) is 6.54 Å². The minimum atomic E-state index is 0.243. The van der Waals surface area contributed by atoms with Gasteiger partial charge >= 0.3 is 0 Å². The van der Waals surface area contributed by atoms with Crippen molar-refractivity contribution in [1.29, 1.82) is 0 Å². The van der Waals surface area contributed by atoms with Gasteiger partial charge in [-0.2, -0.15) is 0 Å². The van der Waals surface area contributed by atoms with Gasteiger partial charge in [-0.15, -0.1) is 0 Å². The van der Waals surface area contributed by atoms with Crippen LogP contribution < -0.4 is 10.1 Å². The smallest absolute Gasteiger partial charge is 0.119 e. The second kappa shape index (κ2) is 7.65. The van der Waals surface area contributed by atoms with E-state index in [0.717, 1.165) is 24.8 Å². The van der Waals surface area contributed by atoms with Gasteiger partial charge < -0.3 is 10.1 Å². The van der Waals surface area contributed by atoms with Crippen molar-refractivity contribution >= 4 is 0 Å². The van der Waals surface area contributed by atoms with E-state index in [9.17, 15) is 0 Å². The van der Waals surface area contributed by atoms with Crippen molar-refractivity contribution in [2.24, 2.45) is 5.92 Å². The van der Waals surface area contributed by atoms with Gasteiger partial charge in [-0.05, 0) is 77.0 Å². The average molecular weight is 276 g/mol. The van der Waals surface area contributed by atoms with E-state index in [4.69, 9.17) is 4.74 Å². The van der Waals surface area contributed by atoms with Crippen molar-refractivity contribution in [1.82, 2.24) is 10.2 Å². The number of rotatable bonds is 6. The number of hydrogen-bond donors (Lipinski definition) is 1. The van der Waals surface area contributed by atoms with Gasteiger partial charge in [-0.1, -0.05) is 12.1 Å². The zero-order valence-electron chi connectivity index (χ0n) is 13.1. The monoisotopic (exact) mass is 276 g/mol. The van der Waals surface area contributed by atoms with Crippen molar-refractivity contribution in [3.8, 4) is 5.75 Å². The van der Waals surface area contributed by atoms with Crippen molar-refractivity contribution in [2.45, 2.75) is 39.3 Å². The molecule has 0 aromatic heterocycles. The summed E-state index contributed by atoms with van der Waals surface area (Å²) < 4.78 is 5.68. The zero-order valence-corrected chi connectivity index (χ0v) is 13.1. The highest BCUT2D eigenvalue weighted by Gasteiger charge is 2.18. The Balaban J connectivity index is 1.79. The predicted molar refractivity (Wildman–Crippen MR) is 84.1 cm³/mol. The molecule has 0 saturated carbocycles. The first kappa shape index (κ1) is 15.3. The molecule has 3 heteroatoms. The molecule has 1 aliphatic rings. The highest BCUT2D eigenvalue weighted by atomic mass is 16.5. The van der Waals surface area contributed by atoms with Crippen LogP contribution in [0, 0.1) is 5.92 Å². The summed E-state index contributed by atoms with van der Waals surface area (Å²) in [5.41, 5.74) is 1.38. The number of nitrogens with one attached hydrogen (secondary N) is 1. The van der Waals surface area contributed by atoms with Gasteiger partial charge in [-0.3, -0.25) is 4.90 Å². The van der Waals surface area contributed by atoms with E-state index < -0.39 is 0 Å². The first-order valence-corrected chi connectivity index (χ1v) is 7.80. The Kier molecular flexibility index (Phi) is 5.86. The summed E-state index contributed by atoms with van der Waals surface area (Å²) in [6.45, 7) is 8.78. The molecule has 1 saturated heterocycles. The lowest BCUT2D eigenvalue weighted by molar-refractivity contribution is 0.176. The Hall–Kier alpha value is -1.06. The minimum absolute atomic E-state index is 0.243. The molecule has 20 heavy (non-hydrogen) atoms. The minimum Gasteiger partial charge on any atom is -0.491 e. The molecule has 1 N–H and O–H groups in total. The topological polar surface area (TPSA) is 24.5 Å². The molecule has 0 radical (unpaired) electrons. The number of hydrogen-bond acceptors (Lipinski definition) is 3. The van der Waals surface area contributed by atoms with Crippen LogP contribution in [0.2, 0.25) is 0 Å². The normalized spacial score (nSPS) is 17.6. The first-order chi connectivity index (χ1) is 9.67. The Morgan fingerprint density at radius 1 is 1.20 bits per heavy atom. The second-order valence-corrected chi connectivity index (χ2v) is 6.09. The number of benzene rings is 1. The van der Waals surface area contributed by atoms with Gasteiger partial charge in [0, 0.05) is 6.54 Å². The van der Waals surface area contributed by atoms with E-state index in [1.807, 2.05) is 7.05 Å². The van der Waals surface area contributed by atoms with E-state index >= 15 is 0 Å². The summed E-state index contributed by atoms with van der Waals surface area (Å²) in [5, 5.41) is 3.29. The maximum Gasteiger partial charge on any atom is 0.119 e. The van der Waals surface area contributed by atoms with E-state index in [1.54, 1.807) is 0 Å². The van der Waals surface area contributed by atoms with Crippen molar-refractivity contribution in [3.63, 3.8) is 0 Å². The maximum absolute atomic E-state index is 5.68. The van der Waals surface area contributed by atoms with Crippen LogP contribution in [0.15, 0.2) is 24.3 Å². The molecule has 2 rings (SSSR count). The second-order valence-electron chi connectivity index (χ2n) is 6.09. The Morgan fingerprint density at radius 3 is 2.40 bits per heavy atom. The lowest BCUT2D eigenvalue weighted by atomic mass is 9.96. The molecule has 3 nitrogen and oxygen atoms in total. The summed E-state index contributed by atoms with van der Waals surface area (Å²) in [7, 11) is 2.05. The summed E-state index contributed by atoms with van der Waals surface area (Å²) in [6, 6.07) is 8.56. The van der Waals surface area contributed by atoms with Gasteiger partial charge in [0.1, 0.15) is 5.75 Å². The quantitative estimate of drug-likeness (QED) is 0.864. The number of ether oxygens (including phenoxy) is 1. The molecule has 0 bridgehead atoms. The third-order valence-electron chi connectivity index (χ3n) is 3.90. The molecule has 0 spiro atoms. The van der Waals surface area contributed by atoms with Gasteiger partial charge in [0.2, 0.25) is 0 Å². The Bertz CT molecular complexity index is 380. The highest BCUT2D eigenvalue weighted by molar-refractivity contribution is 5.27. The number of likely N-dealkylation sites (tertiary alicyclic amines) is 1. The van der Waals surface area contributed by atoms with Crippen LogP contribution in [0.3, 0.4) is 0 Å². The summed E-state index contributed by atoms with van der Waals surface area (Å²) in [4.78, 5) is 2.56. The Labute approximate surface area is 123 Å². The molecule has 1 aliphatic heterocycles. The van der Waals surface area contributed by atoms with Crippen molar-refractivity contribution < 1.29 is 4.74 Å². The van der Waals surface area contributed by atoms with Crippen LogP contribution in [0.1, 0.15) is 32.3 Å². The predicted octanol–water partition coefficient (Wildman–Crippen LogP) is 2.91. The molecule has 1 aromatic rings.